The minimum absolute atomic E-state index is 0.238. The Morgan fingerprint density at radius 2 is 1.50 bits per heavy atom. The molecule has 38 heavy (non-hydrogen) atoms. The SMILES string of the molecule is COP(=O)(CC(OC(C)=O)c1cc(NC(=O)C(C)NC(=O)C(C)NC(=O)OC(C)(C)C)c(I)cc1I)OC. The van der Waals surface area contributed by atoms with Crippen molar-refractivity contribution in [1.82, 2.24) is 10.6 Å². The van der Waals surface area contributed by atoms with Gasteiger partial charge in [-0.15, -0.1) is 0 Å². The topological polar surface area (TPSA) is 158 Å². The first-order valence-corrected chi connectivity index (χ1v) is 15.3. The van der Waals surface area contributed by atoms with Gasteiger partial charge in [0.05, 0.1) is 11.8 Å². The van der Waals surface area contributed by atoms with Gasteiger partial charge >= 0.3 is 19.7 Å². The van der Waals surface area contributed by atoms with Gasteiger partial charge in [-0.05, 0) is 91.9 Å². The van der Waals surface area contributed by atoms with Gasteiger partial charge in [0.25, 0.3) is 0 Å². The first-order chi connectivity index (χ1) is 17.4. The van der Waals surface area contributed by atoms with E-state index in [2.05, 4.69) is 16.0 Å². The maximum absolute atomic E-state index is 12.9. The Kier molecular flexibility index (Phi) is 13.4. The van der Waals surface area contributed by atoms with Crippen LogP contribution in [0.15, 0.2) is 12.1 Å². The summed E-state index contributed by atoms with van der Waals surface area (Å²) in [6.45, 7) is 9.27. The maximum atomic E-state index is 12.9. The van der Waals surface area contributed by atoms with Gasteiger partial charge in [0, 0.05) is 33.8 Å². The first-order valence-electron chi connectivity index (χ1n) is 11.4. The van der Waals surface area contributed by atoms with Crippen molar-refractivity contribution >= 4 is 82.3 Å². The summed E-state index contributed by atoms with van der Waals surface area (Å²) in [5.74, 6) is -1.71. The third-order valence-corrected chi connectivity index (χ3v) is 8.54. The van der Waals surface area contributed by atoms with E-state index in [1.54, 1.807) is 32.9 Å². The molecule has 0 heterocycles. The van der Waals surface area contributed by atoms with Gasteiger partial charge in [0.1, 0.15) is 23.8 Å². The zero-order valence-electron chi connectivity index (χ0n) is 22.5. The lowest BCUT2D eigenvalue weighted by atomic mass is 10.1. The van der Waals surface area contributed by atoms with E-state index in [-0.39, 0.29) is 6.16 Å². The number of hydrogen-bond donors (Lipinski definition) is 3. The molecule has 3 unspecified atom stereocenters. The predicted octanol–water partition coefficient (Wildman–Crippen LogP) is 4.34. The lowest BCUT2D eigenvalue weighted by Gasteiger charge is -2.24. The quantitative estimate of drug-likeness (QED) is 0.169. The number of carbonyl (C=O) groups is 4. The number of carbonyl (C=O) groups excluding carboxylic acids is 4. The summed E-state index contributed by atoms with van der Waals surface area (Å²) in [6, 6.07) is 1.44. The zero-order chi connectivity index (χ0) is 29.4. The Hall–Kier alpha value is -1.49. The Labute approximate surface area is 249 Å². The van der Waals surface area contributed by atoms with Gasteiger partial charge in [0.15, 0.2) is 0 Å². The molecule has 0 aliphatic rings. The van der Waals surface area contributed by atoms with E-state index >= 15 is 0 Å². The zero-order valence-corrected chi connectivity index (χ0v) is 27.7. The van der Waals surface area contributed by atoms with E-state index in [1.165, 1.54) is 35.0 Å². The number of amides is 3. The van der Waals surface area contributed by atoms with Crippen LogP contribution in [0.25, 0.3) is 0 Å². The van der Waals surface area contributed by atoms with E-state index in [0.29, 0.717) is 18.4 Å². The van der Waals surface area contributed by atoms with Crippen molar-refractivity contribution in [1.29, 1.82) is 0 Å². The van der Waals surface area contributed by atoms with Crippen LogP contribution in [0.1, 0.15) is 53.2 Å². The second-order valence-electron chi connectivity index (χ2n) is 9.20. The van der Waals surface area contributed by atoms with Crippen LogP contribution in [0.4, 0.5) is 10.5 Å². The second kappa shape index (κ2) is 14.8. The van der Waals surface area contributed by atoms with E-state index < -0.39 is 55.3 Å². The third kappa shape index (κ3) is 11.3. The van der Waals surface area contributed by atoms with Gasteiger partial charge in [-0.1, -0.05) is 0 Å². The molecule has 0 fully saturated rings. The summed E-state index contributed by atoms with van der Waals surface area (Å²) < 4.78 is 34.7. The van der Waals surface area contributed by atoms with Crippen LogP contribution in [0.5, 0.6) is 0 Å². The minimum Gasteiger partial charge on any atom is -0.457 e. The summed E-state index contributed by atoms with van der Waals surface area (Å²) in [4.78, 5) is 49.1. The molecule has 0 aromatic heterocycles. The smallest absolute Gasteiger partial charge is 0.408 e. The average Bonchev–Trinajstić information content (AvgIpc) is 2.78. The van der Waals surface area contributed by atoms with Crippen molar-refractivity contribution in [3.63, 3.8) is 0 Å². The van der Waals surface area contributed by atoms with Gasteiger partial charge < -0.3 is 34.5 Å². The molecule has 3 atom stereocenters. The number of nitrogens with one attached hydrogen (secondary N) is 3. The molecular weight excluding hydrogens is 747 g/mol. The lowest BCUT2D eigenvalue weighted by Crippen LogP contribution is -2.51. The monoisotopic (exact) mass is 781 g/mol. The highest BCUT2D eigenvalue weighted by molar-refractivity contribution is 14.1. The number of halogens is 2. The molecule has 0 aliphatic carbocycles. The Balaban J connectivity index is 3.05. The minimum atomic E-state index is -3.55. The molecule has 1 rings (SSSR count). The van der Waals surface area contributed by atoms with Crippen molar-refractivity contribution < 1.29 is 42.3 Å². The number of hydrogen-bond acceptors (Lipinski definition) is 9. The van der Waals surface area contributed by atoms with Gasteiger partial charge in [-0.25, -0.2) is 4.79 Å². The summed E-state index contributed by atoms with van der Waals surface area (Å²) in [6.07, 6.45) is -1.97. The summed E-state index contributed by atoms with van der Waals surface area (Å²) >= 11 is 4.08. The van der Waals surface area contributed by atoms with Crippen molar-refractivity contribution in [3.8, 4) is 0 Å². The molecule has 3 N–H and O–H groups in total. The molecule has 0 bridgehead atoms. The molecule has 15 heteroatoms. The van der Waals surface area contributed by atoms with Crippen LogP contribution in [-0.4, -0.2) is 61.9 Å². The molecule has 1 aromatic carbocycles. The Morgan fingerprint density at radius 3 is 2.00 bits per heavy atom. The van der Waals surface area contributed by atoms with E-state index in [4.69, 9.17) is 18.5 Å². The van der Waals surface area contributed by atoms with Gasteiger partial charge in [-0.3, -0.25) is 18.9 Å². The molecule has 214 valence electrons. The predicted molar refractivity (Wildman–Crippen MR) is 158 cm³/mol. The molecule has 0 saturated heterocycles. The fourth-order valence-electron chi connectivity index (χ4n) is 2.93. The number of anilines is 1. The summed E-state index contributed by atoms with van der Waals surface area (Å²) in [7, 11) is -1.08. The van der Waals surface area contributed by atoms with Crippen LogP contribution in [-0.2, 0) is 37.5 Å². The van der Waals surface area contributed by atoms with E-state index in [1.807, 2.05) is 45.2 Å². The Bertz CT molecular complexity index is 1090. The molecular formula is C23H34I2N3O9P. The van der Waals surface area contributed by atoms with Crippen molar-refractivity contribution in [3.05, 3.63) is 24.8 Å². The van der Waals surface area contributed by atoms with Crippen LogP contribution < -0.4 is 16.0 Å². The molecule has 1 aromatic rings. The fraction of sp³-hybridized carbons (Fsp3) is 0.565. The molecule has 0 saturated carbocycles. The summed E-state index contributed by atoms with van der Waals surface area (Å²) in [5, 5.41) is 7.71. The van der Waals surface area contributed by atoms with Crippen LogP contribution in [0.3, 0.4) is 0 Å². The number of alkyl carbamates (subject to hydrolysis) is 1. The highest BCUT2D eigenvalue weighted by atomic mass is 127. The number of ether oxygens (including phenoxy) is 2. The normalized spacial score (nSPS) is 14.1. The fourth-order valence-corrected chi connectivity index (χ4v) is 6.07. The van der Waals surface area contributed by atoms with E-state index in [0.717, 1.165) is 0 Å². The van der Waals surface area contributed by atoms with Gasteiger partial charge in [0.2, 0.25) is 11.8 Å². The first kappa shape index (κ1) is 34.5. The molecule has 0 aliphatic heterocycles. The van der Waals surface area contributed by atoms with Crippen LogP contribution in [0, 0.1) is 7.14 Å². The molecule has 3 amide bonds. The van der Waals surface area contributed by atoms with Crippen LogP contribution >= 0.6 is 52.8 Å². The molecule has 0 radical (unpaired) electrons. The van der Waals surface area contributed by atoms with Gasteiger partial charge in [-0.2, -0.15) is 0 Å². The second-order valence-corrected chi connectivity index (χ2v) is 13.8. The highest BCUT2D eigenvalue weighted by Gasteiger charge is 2.32. The number of esters is 1. The van der Waals surface area contributed by atoms with E-state index in [9.17, 15) is 23.7 Å². The van der Waals surface area contributed by atoms with Crippen molar-refractivity contribution in [2.75, 3.05) is 25.7 Å². The molecule has 0 spiro atoms. The maximum Gasteiger partial charge on any atom is 0.408 e. The van der Waals surface area contributed by atoms with Crippen molar-refractivity contribution in [2.45, 2.75) is 65.3 Å². The number of rotatable bonds is 11. The molecule has 12 nitrogen and oxygen atoms in total. The summed E-state index contributed by atoms with van der Waals surface area (Å²) in [5.41, 5.74) is 0.140. The number of benzene rings is 1. The van der Waals surface area contributed by atoms with Crippen LogP contribution in [0.2, 0.25) is 0 Å². The lowest BCUT2D eigenvalue weighted by molar-refractivity contribution is -0.145. The van der Waals surface area contributed by atoms with Crippen molar-refractivity contribution in [2.24, 2.45) is 0 Å². The average molecular weight is 781 g/mol. The standard InChI is InChI=1S/C23H34I2N3O9P/c1-12(26-20(30)13(2)27-22(32)37-23(4,5)6)21(31)28-18-9-15(16(24)10-17(18)25)19(36-14(3)29)11-38(33,34-7)35-8/h9-10,12-13,19H,11H2,1-8H3,(H,26,30)(H,27,32)(H,28,31). The third-order valence-electron chi connectivity index (χ3n) is 4.82. The highest BCUT2D eigenvalue weighted by Crippen LogP contribution is 2.50. The largest absolute Gasteiger partial charge is 0.457 e. The Morgan fingerprint density at radius 1 is 0.947 bits per heavy atom.